The molecule has 5 nitrogen and oxygen atoms in total. The first kappa shape index (κ1) is 21.4. The molecule has 162 valence electrons. The number of carbonyl (C=O) groups is 1. The predicted molar refractivity (Wildman–Crippen MR) is 116 cm³/mol. The minimum atomic E-state index is -4.50. The van der Waals surface area contributed by atoms with Crippen molar-refractivity contribution in [1.29, 1.82) is 0 Å². The summed E-state index contributed by atoms with van der Waals surface area (Å²) in [5, 5.41) is 9.80. The van der Waals surface area contributed by atoms with Crippen molar-refractivity contribution in [1.82, 2.24) is 9.78 Å². The van der Waals surface area contributed by atoms with Crippen molar-refractivity contribution in [3.8, 4) is 0 Å². The zero-order valence-corrected chi connectivity index (χ0v) is 18.4. The van der Waals surface area contributed by atoms with Gasteiger partial charge in [-0.1, -0.05) is 34.1 Å². The highest BCUT2D eigenvalue weighted by Crippen LogP contribution is 2.43. The number of nitrogens with zero attached hydrogens (tertiary/aromatic N) is 2. The molecule has 1 aromatic heterocycles. The van der Waals surface area contributed by atoms with Gasteiger partial charge in [0.1, 0.15) is 5.82 Å². The van der Waals surface area contributed by atoms with Crippen molar-refractivity contribution >= 4 is 33.3 Å². The number of hydrogen-bond acceptors (Lipinski definition) is 3. The monoisotopic (exact) mass is 492 g/mol. The van der Waals surface area contributed by atoms with Crippen LogP contribution in [0.4, 0.5) is 24.7 Å². The summed E-state index contributed by atoms with van der Waals surface area (Å²) >= 11 is 3.33. The van der Waals surface area contributed by atoms with Crippen LogP contribution in [-0.4, -0.2) is 21.9 Å². The van der Waals surface area contributed by atoms with Crippen LogP contribution in [0.25, 0.3) is 0 Å². The van der Waals surface area contributed by atoms with Gasteiger partial charge in [0.2, 0.25) is 0 Å². The molecule has 0 aliphatic carbocycles. The number of rotatable bonds is 3. The zero-order valence-electron chi connectivity index (χ0n) is 16.8. The Bertz CT molecular complexity index is 1120. The first-order valence-electron chi connectivity index (χ1n) is 9.68. The van der Waals surface area contributed by atoms with Crippen molar-refractivity contribution in [3.05, 3.63) is 75.4 Å². The number of alkyl halides is 3. The standard InChI is InChI=1S/C22H20BrF3N4O/c1-12-3-8-16(9-13(12)2)27-21(31)18-11-20-28-17(14-4-6-15(23)7-5-14)10-19(22(24,25)26)30(20)29-18/h3-9,11,17,19,28H,10H2,1-2H3,(H,27,31)/t17-,19+/m1/s1. The first-order valence-corrected chi connectivity index (χ1v) is 10.5. The van der Waals surface area contributed by atoms with Crippen LogP contribution in [0.15, 0.2) is 53.0 Å². The van der Waals surface area contributed by atoms with E-state index in [-0.39, 0.29) is 17.9 Å². The Hall–Kier alpha value is -2.81. The summed E-state index contributed by atoms with van der Waals surface area (Å²) in [6.07, 6.45) is -4.73. The number of nitrogens with one attached hydrogen (secondary N) is 2. The third kappa shape index (κ3) is 4.46. The lowest BCUT2D eigenvalue weighted by atomic mass is 9.97. The Morgan fingerprint density at radius 3 is 2.48 bits per heavy atom. The molecule has 0 spiro atoms. The van der Waals surface area contributed by atoms with Crippen LogP contribution in [0, 0.1) is 13.8 Å². The highest BCUT2D eigenvalue weighted by atomic mass is 79.9. The molecule has 2 N–H and O–H groups in total. The molecule has 2 atom stereocenters. The molecule has 0 bridgehead atoms. The molecule has 1 amide bonds. The van der Waals surface area contributed by atoms with Crippen LogP contribution in [0.3, 0.4) is 0 Å². The van der Waals surface area contributed by atoms with E-state index in [0.29, 0.717) is 5.69 Å². The van der Waals surface area contributed by atoms with Gasteiger partial charge in [0.25, 0.3) is 5.91 Å². The topological polar surface area (TPSA) is 59.0 Å². The summed E-state index contributed by atoms with van der Waals surface area (Å²) in [4.78, 5) is 12.7. The number of benzene rings is 2. The largest absolute Gasteiger partial charge is 0.410 e. The number of carbonyl (C=O) groups excluding carboxylic acids is 1. The molecule has 0 saturated heterocycles. The summed E-state index contributed by atoms with van der Waals surface area (Å²) in [5.74, 6) is -0.403. The van der Waals surface area contributed by atoms with E-state index in [1.807, 2.05) is 26.0 Å². The number of aromatic nitrogens is 2. The first-order chi connectivity index (χ1) is 14.6. The molecule has 0 radical (unpaired) electrons. The minimum Gasteiger partial charge on any atom is -0.363 e. The summed E-state index contributed by atoms with van der Waals surface area (Å²) < 4.78 is 43.2. The molecule has 1 aliphatic heterocycles. The van der Waals surface area contributed by atoms with Gasteiger partial charge in [-0.15, -0.1) is 0 Å². The third-order valence-corrected chi connectivity index (χ3v) is 5.99. The normalized spacial score (nSPS) is 18.3. The fourth-order valence-corrected chi connectivity index (χ4v) is 3.88. The summed E-state index contributed by atoms with van der Waals surface area (Å²) in [6.45, 7) is 3.87. The van der Waals surface area contributed by atoms with Crippen LogP contribution >= 0.6 is 15.9 Å². The SMILES string of the molecule is Cc1ccc(NC(=O)c2cc3n(n2)[C@H](C(F)(F)F)C[C@H](c2ccc(Br)cc2)N3)cc1C. The summed E-state index contributed by atoms with van der Waals surface area (Å²) in [6, 6.07) is 11.5. The highest BCUT2D eigenvalue weighted by molar-refractivity contribution is 9.10. The number of amides is 1. The molecule has 4 rings (SSSR count). The minimum absolute atomic E-state index is 0.0774. The smallest absolute Gasteiger partial charge is 0.363 e. The van der Waals surface area contributed by atoms with Gasteiger partial charge in [0.05, 0.1) is 6.04 Å². The molecule has 0 fully saturated rings. The molecular formula is C22H20BrF3N4O. The maximum atomic E-state index is 13.8. The molecule has 2 aromatic carbocycles. The van der Waals surface area contributed by atoms with Gasteiger partial charge >= 0.3 is 6.18 Å². The second kappa shape index (κ2) is 8.03. The van der Waals surface area contributed by atoms with Crippen molar-refractivity contribution in [3.63, 3.8) is 0 Å². The lowest BCUT2D eigenvalue weighted by molar-refractivity contribution is -0.173. The van der Waals surface area contributed by atoms with Gasteiger partial charge in [-0.25, -0.2) is 4.68 Å². The number of hydrogen-bond donors (Lipinski definition) is 2. The van der Waals surface area contributed by atoms with Gasteiger partial charge in [0, 0.05) is 22.6 Å². The number of fused-ring (bicyclic) bond motifs is 1. The van der Waals surface area contributed by atoms with Crippen molar-refractivity contribution in [2.75, 3.05) is 10.6 Å². The lowest BCUT2D eigenvalue weighted by Gasteiger charge is -2.33. The summed E-state index contributed by atoms with van der Waals surface area (Å²) in [5.41, 5.74) is 3.29. The Labute approximate surface area is 185 Å². The van der Waals surface area contributed by atoms with E-state index in [1.54, 1.807) is 30.3 Å². The molecule has 31 heavy (non-hydrogen) atoms. The Kier molecular flexibility index (Phi) is 5.55. The highest BCUT2D eigenvalue weighted by Gasteiger charge is 2.46. The van der Waals surface area contributed by atoms with Crippen molar-refractivity contribution in [2.45, 2.75) is 38.5 Å². The number of halogens is 4. The van der Waals surface area contributed by atoms with E-state index in [2.05, 4.69) is 31.7 Å². The molecule has 9 heteroatoms. The molecule has 3 aromatic rings. The molecule has 1 aliphatic rings. The molecular weight excluding hydrogens is 473 g/mol. The van der Waals surface area contributed by atoms with Crippen LogP contribution in [-0.2, 0) is 0 Å². The molecule has 0 saturated carbocycles. The quantitative estimate of drug-likeness (QED) is 0.459. The van der Waals surface area contributed by atoms with Gasteiger partial charge < -0.3 is 10.6 Å². The van der Waals surface area contributed by atoms with Gasteiger partial charge in [0.15, 0.2) is 11.7 Å². The maximum Gasteiger partial charge on any atom is 0.410 e. The van der Waals surface area contributed by atoms with Gasteiger partial charge in [-0.05, 0) is 54.8 Å². The Morgan fingerprint density at radius 2 is 1.84 bits per heavy atom. The van der Waals surface area contributed by atoms with Crippen molar-refractivity contribution in [2.24, 2.45) is 0 Å². The van der Waals surface area contributed by atoms with E-state index in [1.165, 1.54) is 6.07 Å². The Balaban J connectivity index is 1.63. The second-order valence-electron chi connectivity index (χ2n) is 7.65. The van der Waals surface area contributed by atoms with Gasteiger partial charge in [-0.2, -0.15) is 18.3 Å². The lowest BCUT2D eigenvalue weighted by Crippen LogP contribution is -2.35. The van der Waals surface area contributed by atoms with E-state index < -0.39 is 24.2 Å². The molecule has 0 unspecified atom stereocenters. The Morgan fingerprint density at radius 1 is 1.13 bits per heavy atom. The fraction of sp³-hybridized carbons (Fsp3) is 0.273. The van der Waals surface area contributed by atoms with E-state index in [0.717, 1.165) is 25.8 Å². The second-order valence-corrected chi connectivity index (χ2v) is 8.57. The molecule has 2 heterocycles. The number of aryl methyl sites for hydroxylation is 2. The fourth-order valence-electron chi connectivity index (χ4n) is 3.61. The van der Waals surface area contributed by atoms with Crippen LogP contribution in [0.2, 0.25) is 0 Å². The maximum absolute atomic E-state index is 13.8. The van der Waals surface area contributed by atoms with Crippen molar-refractivity contribution < 1.29 is 18.0 Å². The van der Waals surface area contributed by atoms with Crippen LogP contribution < -0.4 is 10.6 Å². The average molecular weight is 493 g/mol. The number of anilines is 2. The van der Waals surface area contributed by atoms with Crippen LogP contribution in [0.5, 0.6) is 0 Å². The predicted octanol–water partition coefficient (Wildman–Crippen LogP) is 6.18. The van der Waals surface area contributed by atoms with Crippen LogP contribution in [0.1, 0.15) is 45.7 Å². The zero-order chi connectivity index (χ0) is 22.3. The van der Waals surface area contributed by atoms with E-state index in [9.17, 15) is 18.0 Å². The third-order valence-electron chi connectivity index (χ3n) is 5.46. The van der Waals surface area contributed by atoms with E-state index in [4.69, 9.17) is 0 Å². The average Bonchev–Trinajstić information content (AvgIpc) is 3.14. The van der Waals surface area contributed by atoms with E-state index >= 15 is 0 Å². The van der Waals surface area contributed by atoms with Gasteiger partial charge in [-0.3, -0.25) is 4.79 Å². The summed E-state index contributed by atoms with van der Waals surface area (Å²) in [7, 11) is 0.